The molecule has 0 aromatic carbocycles. The fraction of sp³-hybridized carbons (Fsp3) is 0.727. The minimum atomic E-state index is -0.0599. The molecule has 1 fully saturated rings. The Labute approximate surface area is 84.8 Å². The van der Waals surface area contributed by atoms with Crippen molar-refractivity contribution in [1.82, 2.24) is 9.55 Å². The molecule has 0 radical (unpaired) electrons. The van der Waals surface area contributed by atoms with Crippen LogP contribution >= 0.6 is 0 Å². The monoisotopic (exact) mass is 194 g/mol. The molecular formula is C11H18N2O. The highest BCUT2D eigenvalue weighted by Gasteiger charge is 2.28. The Bertz CT molecular complexity index is 291. The zero-order chi connectivity index (χ0) is 9.97. The van der Waals surface area contributed by atoms with Gasteiger partial charge in [0.1, 0.15) is 5.82 Å². The molecule has 1 aliphatic rings. The summed E-state index contributed by atoms with van der Waals surface area (Å²) in [5, 5.41) is 9.66. The fourth-order valence-electron chi connectivity index (χ4n) is 1.82. The van der Waals surface area contributed by atoms with E-state index in [0.717, 1.165) is 25.1 Å². The van der Waals surface area contributed by atoms with Crippen LogP contribution in [0.2, 0.25) is 0 Å². The number of aliphatic hydroxyl groups excluding tert-OH is 1. The average Bonchev–Trinajstić information content (AvgIpc) is 2.93. The van der Waals surface area contributed by atoms with Crippen LogP contribution in [0.15, 0.2) is 12.4 Å². The highest BCUT2D eigenvalue weighted by atomic mass is 16.3. The van der Waals surface area contributed by atoms with Gasteiger partial charge in [0, 0.05) is 25.9 Å². The van der Waals surface area contributed by atoms with Crippen LogP contribution in [-0.4, -0.2) is 20.8 Å². The zero-order valence-corrected chi connectivity index (χ0v) is 8.69. The first-order chi connectivity index (χ1) is 6.77. The van der Waals surface area contributed by atoms with E-state index in [1.165, 1.54) is 12.8 Å². The Kier molecular flexibility index (Phi) is 2.87. The lowest BCUT2D eigenvalue weighted by Gasteiger charge is -2.08. The van der Waals surface area contributed by atoms with Crippen LogP contribution in [-0.2, 0) is 13.5 Å². The lowest BCUT2D eigenvalue weighted by Crippen LogP contribution is -2.09. The van der Waals surface area contributed by atoms with Crippen molar-refractivity contribution in [2.75, 3.05) is 0 Å². The van der Waals surface area contributed by atoms with Crippen LogP contribution in [0, 0.1) is 5.92 Å². The molecule has 14 heavy (non-hydrogen) atoms. The molecule has 1 N–H and O–H groups in total. The highest BCUT2D eigenvalue weighted by molar-refractivity contribution is 4.91. The summed E-state index contributed by atoms with van der Waals surface area (Å²) in [6, 6.07) is 0. The van der Waals surface area contributed by atoms with E-state index in [0.29, 0.717) is 5.92 Å². The van der Waals surface area contributed by atoms with E-state index in [-0.39, 0.29) is 6.10 Å². The Balaban J connectivity index is 1.69. The van der Waals surface area contributed by atoms with Gasteiger partial charge in [-0.25, -0.2) is 4.98 Å². The molecule has 1 aromatic rings. The van der Waals surface area contributed by atoms with Crippen molar-refractivity contribution in [3.8, 4) is 0 Å². The lowest BCUT2D eigenvalue weighted by molar-refractivity contribution is 0.139. The van der Waals surface area contributed by atoms with Gasteiger partial charge < -0.3 is 9.67 Å². The van der Waals surface area contributed by atoms with E-state index < -0.39 is 0 Å². The molecule has 1 heterocycles. The van der Waals surface area contributed by atoms with Crippen LogP contribution < -0.4 is 0 Å². The van der Waals surface area contributed by atoms with Gasteiger partial charge in [-0.15, -0.1) is 0 Å². The molecular weight excluding hydrogens is 176 g/mol. The Hall–Kier alpha value is -0.830. The number of aliphatic hydroxyl groups is 1. The topological polar surface area (TPSA) is 38.0 Å². The van der Waals surface area contributed by atoms with Crippen molar-refractivity contribution in [3.05, 3.63) is 18.2 Å². The third-order valence-electron chi connectivity index (χ3n) is 2.99. The standard InChI is InChI=1S/C11H18N2O/c1-13-8-7-12-11(13)4-2-3-10(14)9-5-6-9/h7-10,14H,2-6H2,1H3. The van der Waals surface area contributed by atoms with Gasteiger partial charge in [0.2, 0.25) is 0 Å². The van der Waals surface area contributed by atoms with E-state index in [4.69, 9.17) is 0 Å². The number of aromatic nitrogens is 2. The Morgan fingerprint density at radius 1 is 1.64 bits per heavy atom. The molecule has 1 unspecified atom stereocenters. The SMILES string of the molecule is Cn1ccnc1CCCC(O)C1CC1. The second-order valence-electron chi connectivity index (χ2n) is 4.25. The zero-order valence-electron chi connectivity index (χ0n) is 8.69. The normalized spacial score (nSPS) is 18.4. The highest BCUT2D eigenvalue weighted by Crippen LogP contribution is 2.34. The van der Waals surface area contributed by atoms with E-state index in [9.17, 15) is 5.11 Å². The van der Waals surface area contributed by atoms with Crippen LogP contribution in [0.4, 0.5) is 0 Å². The maximum absolute atomic E-state index is 9.66. The molecule has 1 aromatic heterocycles. The number of rotatable bonds is 5. The molecule has 78 valence electrons. The molecule has 1 atom stereocenters. The van der Waals surface area contributed by atoms with Crippen molar-refractivity contribution in [2.24, 2.45) is 13.0 Å². The summed E-state index contributed by atoms with van der Waals surface area (Å²) < 4.78 is 2.05. The largest absolute Gasteiger partial charge is 0.393 e. The second kappa shape index (κ2) is 4.13. The number of aryl methyl sites for hydroxylation is 2. The van der Waals surface area contributed by atoms with Crippen LogP contribution in [0.25, 0.3) is 0 Å². The van der Waals surface area contributed by atoms with Crippen LogP contribution in [0.3, 0.4) is 0 Å². The quantitative estimate of drug-likeness (QED) is 0.771. The van der Waals surface area contributed by atoms with E-state index >= 15 is 0 Å². The Morgan fingerprint density at radius 3 is 3.00 bits per heavy atom. The van der Waals surface area contributed by atoms with Crippen molar-refractivity contribution in [1.29, 1.82) is 0 Å². The van der Waals surface area contributed by atoms with E-state index in [2.05, 4.69) is 4.98 Å². The molecule has 3 heteroatoms. The van der Waals surface area contributed by atoms with Crippen LogP contribution in [0.1, 0.15) is 31.5 Å². The van der Waals surface area contributed by atoms with Crippen molar-refractivity contribution >= 4 is 0 Å². The maximum Gasteiger partial charge on any atom is 0.108 e. The third-order valence-corrected chi connectivity index (χ3v) is 2.99. The summed E-state index contributed by atoms with van der Waals surface area (Å²) >= 11 is 0. The summed E-state index contributed by atoms with van der Waals surface area (Å²) in [6.45, 7) is 0. The smallest absolute Gasteiger partial charge is 0.108 e. The summed E-state index contributed by atoms with van der Waals surface area (Å²) in [7, 11) is 2.01. The minimum Gasteiger partial charge on any atom is -0.393 e. The predicted molar refractivity (Wildman–Crippen MR) is 54.9 cm³/mol. The first-order valence-electron chi connectivity index (χ1n) is 5.41. The lowest BCUT2D eigenvalue weighted by atomic mass is 10.1. The predicted octanol–water partition coefficient (Wildman–Crippen LogP) is 1.51. The van der Waals surface area contributed by atoms with E-state index in [1.807, 2.05) is 24.0 Å². The molecule has 0 aliphatic heterocycles. The number of hydrogen-bond acceptors (Lipinski definition) is 2. The second-order valence-corrected chi connectivity index (χ2v) is 4.25. The van der Waals surface area contributed by atoms with Gasteiger partial charge in [0.15, 0.2) is 0 Å². The Morgan fingerprint density at radius 2 is 2.43 bits per heavy atom. The van der Waals surface area contributed by atoms with Crippen molar-refractivity contribution < 1.29 is 5.11 Å². The van der Waals surface area contributed by atoms with Crippen molar-refractivity contribution in [3.63, 3.8) is 0 Å². The molecule has 3 nitrogen and oxygen atoms in total. The third kappa shape index (κ3) is 2.35. The van der Waals surface area contributed by atoms with Gasteiger partial charge in [0.05, 0.1) is 6.10 Å². The van der Waals surface area contributed by atoms with Gasteiger partial charge in [-0.3, -0.25) is 0 Å². The van der Waals surface area contributed by atoms with Crippen molar-refractivity contribution in [2.45, 2.75) is 38.2 Å². The van der Waals surface area contributed by atoms with Gasteiger partial charge in [0.25, 0.3) is 0 Å². The summed E-state index contributed by atoms with van der Waals surface area (Å²) in [5.41, 5.74) is 0. The molecule has 0 bridgehead atoms. The maximum atomic E-state index is 9.66. The summed E-state index contributed by atoms with van der Waals surface area (Å²) in [6.07, 6.45) is 9.13. The number of nitrogens with zero attached hydrogens (tertiary/aromatic N) is 2. The molecule has 2 rings (SSSR count). The van der Waals surface area contributed by atoms with Gasteiger partial charge >= 0.3 is 0 Å². The first kappa shape index (κ1) is 9.71. The van der Waals surface area contributed by atoms with Gasteiger partial charge in [-0.1, -0.05) is 0 Å². The van der Waals surface area contributed by atoms with Gasteiger partial charge in [-0.2, -0.15) is 0 Å². The summed E-state index contributed by atoms with van der Waals surface area (Å²) in [4.78, 5) is 4.25. The number of hydrogen-bond donors (Lipinski definition) is 1. The van der Waals surface area contributed by atoms with Crippen LogP contribution in [0.5, 0.6) is 0 Å². The fourth-order valence-corrected chi connectivity index (χ4v) is 1.82. The van der Waals surface area contributed by atoms with Gasteiger partial charge in [-0.05, 0) is 31.6 Å². The van der Waals surface area contributed by atoms with E-state index in [1.54, 1.807) is 0 Å². The molecule has 1 saturated carbocycles. The molecule has 0 spiro atoms. The number of imidazole rings is 1. The molecule has 0 amide bonds. The molecule has 1 aliphatic carbocycles. The summed E-state index contributed by atoms with van der Waals surface area (Å²) in [5.74, 6) is 1.73. The minimum absolute atomic E-state index is 0.0599. The first-order valence-corrected chi connectivity index (χ1v) is 5.41. The average molecular weight is 194 g/mol. The molecule has 0 saturated heterocycles.